The maximum atomic E-state index is 12.8. The summed E-state index contributed by atoms with van der Waals surface area (Å²) in [7, 11) is -3.55. The van der Waals surface area contributed by atoms with Crippen molar-refractivity contribution in [1.82, 2.24) is 15.0 Å². The van der Waals surface area contributed by atoms with Gasteiger partial charge in [0.2, 0.25) is 11.8 Å². The van der Waals surface area contributed by atoms with E-state index in [-0.39, 0.29) is 47.2 Å². The highest BCUT2D eigenvalue weighted by molar-refractivity contribution is 7.90. The molecule has 1 amide bonds. The molecular formula is C24H28N4O4S. The van der Waals surface area contributed by atoms with Gasteiger partial charge >= 0.3 is 0 Å². The Kier molecular flexibility index (Phi) is 6.78. The summed E-state index contributed by atoms with van der Waals surface area (Å²) in [6.07, 6.45) is 0.522. The second-order valence-electron chi connectivity index (χ2n) is 8.40. The molecular weight excluding hydrogens is 440 g/mol. The zero-order chi connectivity index (χ0) is 23.4. The number of carbonyl (C=O) groups excluding carboxylic acids is 1. The van der Waals surface area contributed by atoms with Crippen LogP contribution in [-0.4, -0.2) is 55.0 Å². The van der Waals surface area contributed by atoms with Gasteiger partial charge in [-0.05, 0) is 43.7 Å². The lowest BCUT2D eigenvalue weighted by molar-refractivity contribution is -0.132. The van der Waals surface area contributed by atoms with Crippen molar-refractivity contribution in [3.63, 3.8) is 0 Å². The fourth-order valence-corrected chi connectivity index (χ4v) is 5.27. The average molecular weight is 469 g/mol. The van der Waals surface area contributed by atoms with Crippen molar-refractivity contribution in [2.45, 2.75) is 43.4 Å². The second-order valence-corrected chi connectivity index (χ2v) is 10.4. The third-order valence-corrected chi connectivity index (χ3v) is 7.43. The molecule has 2 aromatic carbocycles. The summed E-state index contributed by atoms with van der Waals surface area (Å²) in [6, 6.07) is 16.8. The zero-order valence-electron chi connectivity index (χ0n) is 18.8. The van der Waals surface area contributed by atoms with Crippen molar-refractivity contribution in [2.24, 2.45) is 0 Å². The van der Waals surface area contributed by atoms with Gasteiger partial charge in [0.15, 0.2) is 15.7 Å². The molecule has 174 valence electrons. The number of carbonyl (C=O) groups is 1. The molecule has 1 aromatic heterocycles. The molecule has 4 rings (SSSR count). The molecule has 1 saturated heterocycles. The Morgan fingerprint density at radius 3 is 2.64 bits per heavy atom. The van der Waals surface area contributed by atoms with Gasteiger partial charge in [-0.25, -0.2) is 8.42 Å². The molecule has 0 unspecified atom stereocenters. The number of hydrogen-bond donors (Lipinski definition) is 0. The third kappa shape index (κ3) is 5.60. The number of hydrogen-bond acceptors (Lipinski definition) is 7. The first kappa shape index (κ1) is 23.0. The van der Waals surface area contributed by atoms with Crippen LogP contribution in [-0.2, 0) is 26.8 Å². The van der Waals surface area contributed by atoms with Crippen LogP contribution in [0.2, 0.25) is 0 Å². The molecule has 2 heterocycles. The van der Waals surface area contributed by atoms with Gasteiger partial charge in [0.05, 0.1) is 4.90 Å². The lowest BCUT2D eigenvalue weighted by Gasteiger charge is -2.41. The van der Waals surface area contributed by atoms with Crippen LogP contribution in [0.4, 0.5) is 5.69 Å². The Morgan fingerprint density at radius 2 is 1.91 bits per heavy atom. The number of aromatic nitrogens is 2. The SMILES string of the molecule is Cc1cccc(N2CCN(C(=O)CCc3nc(CS(=O)(=O)c4ccccc4)no3)C[C@H]2C)c1. The van der Waals surface area contributed by atoms with E-state index in [1.54, 1.807) is 18.2 Å². The number of aryl methyl sites for hydroxylation is 2. The fourth-order valence-electron chi connectivity index (χ4n) is 4.08. The summed E-state index contributed by atoms with van der Waals surface area (Å²) in [5.74, 6) is 0.0598. The van der Waals surface area contributed by atoms with Crippen LogP contribution in [0.1, 0.15) is 30.6 Å². The van der Waals surface area contributed by atoms with Gasteiger partial charge in [-0.2, -0.15) is 4.98 Å². The van der Waals surface area contributed by atoms with Crippen molar-refractivity contribution in [3.8, 4) is 0 Å². The number of anilines is 1. The average Bonchev–Trinajstić information content (AvgIpc) is 3.24. The van der Waals surface area contributed by atoms with Gasteiger partial charge in [0.25, 0.3) is 0 Å². The van der Waals surface area contributed by atoms with Crippen molar-refractivity contribution < 1.29 is 17.7 Å². The lowest BCUT2D eigenvalue weighted by atomic mass is 10.1. The highest BCUT2D eigenvalue weighted by Gasteiger charge is 2.27. The van der Waals surface area contributed by atoms with Crippen LogP contribution in [0.5, 0.6) is 0 Å². The number of amides is 1. The summed E-state index contributed by atoms with van der Waals surface area (Å²) in [4.78, 5) is 21.3. The van der Waals surface area contributed by atoms with Gasteiger partial charge in [0.1, 0.15) is 5.75 Å². The number of sulfone groups is 1. The Labute approximate surface area is 194 Å². The largest absolute Gasteiger partial charge is 0.365 e. The molecule has 3 aromatic rings. The number of piperazine rings is 1. The Balaban J connectivity index is 1.30. The third-order valence-electron chi connectivity index (χ3n) is 5.80. The number of nitrogens with zero attached hydrogens (tertiary/aromatic N) is 4. The Hall–Kier alpha value is -3.20. The van der Waals surface area contributed by atoms with E-state index in [0.29, 0.717) is 13.1 Å². The minimum Gasteiger partial charge on any atom is -0.365 e. The van der Waals surface area contributed by atoms with E-state index in [2.05, 4.69) is 53.2 Å². The van der Waals surface area contributed by atoms with Crippen molar-refractivity contribution in [2.75, 3.05) is 24.5 Å². The zero-order valence-corrected chi connectivity index (χ0v) is 19.7. The molecule has 8 nitrogen and oxygen atoms in total. The summed E-state index contributed by atoms with van der Waals surface area (Å²) < 4.78 is 30.1. The molecule has 1 atom stereocenters. The molecule has 1 fully saturated rings. The van der Waals surface area contributed by atoms with E-state index in [4.69, 9.17) is 4.52 Å². The van der Waals surface area contributed by atoms with Gasteiger partial charge in [-0.1, -0.05) is 35.5 Å². The van der Waals surface area contributed by atoms with E-state index in [0.717, 1.165) is 6.54 Å². The highest BCUT2D eigenvalue weighted by atomic mass is 32.2. The molecule has 1 aliphatic rings. The van der Waals surface area contributed by atoms with Gasteiger partial charge < -0.3 is 14.3 Å². The van der Waals surface area contributed by atoms with Crippen LogP contribution < -0.4 is 4.90 Å². The van der Waals surface area contributed by atoms with Crippen LogP contribution in [0.15, 0.2) is 64.0 Å². The molecule has 0 aliphatic carbocycles. The molecule has 1 aliphatic heterocycles. The Bertz CT molecular complexity index is 1210. The van der Waals surface area contributed by atoms with Gasteiger partial charge in [0, 0.05) is 44.2 Å². The van der Waals surface area contributed by atoms with E-state index < -0.39 is 9.84 Å². The fraction of sp³-hybridized carbons (Fsp3) is 0.375. The first-order valence-electron chi connectivity index (χ1n) is 11.0. The molecule has 9 heteroatoms. The predicted octanol–water partition coefficient (Wildman–Crippen LogP) is 3.02. The van der Waals surface area contributed by atoms with Crippen LogP contribution in [0.25, 0.3) is 0 Å². The molecule has 0 bridgehead atoms. The summed E-state index contributed by atoms with van der Waals surface area (Å²) in [5.41, 5.74) is 2.40. The highest BCUT2D eigenvalue weighted by Crippen LogP contribution is 2.22. The molecule has 0 saturated carbocycles. The first-order valence-corrected chi connectivity index (χ1v) is 12.7. The monoisotopic (exact) mass is 468 g/mol. The lowest BCUT2D eigenvalue weighted by Crippen LogP contribution is -2.53. The minimum atomic E-state index is -3.55. The molecule has 0 radical (unpaired) electrons. The van der Waals surface area contributed by atoms with Crippen molar-refractivity contribution >= 4 is 21.4 Å². The van der Waals surface area contributed by atoms with E-state index in [1.807, 2.05) is 4.90 Å². The molecule has 33 heavy (non-hydrogen) atoms. The molecule has 0 spiro atoms. The quantitative estimate of drug-likeness (QED) is 0.526. The number of benzene rings is 2. The van der Waals surface area contributed by atoms with Crippen molar-refractivity contribution in [3.05, 3.63) is 71.9 Å². The first-order chi connectivity index (χ1) is 15.8. The minimum absolute atomic E-state index is 0.0300. The van der Waals surface area contributed by atoms with Gasteiger partial charge in [-0.3, -0.25) is 4.79 Å². The van der Waals surface area contributed by atoms with Crippen LogP contribution >= 0.6 is 0 Å². The number of rotatable bonds is 7. The summed E-state index contributed by atoms with van der Waals surface area (Å²) in [5, 5.41) is 3.78. The van der Waals surface area contributed by atoms with Gasteiger partial charge in [-0.15, -0.1) is 0 Å². The van der Waals surface area contributed by atoms with Crippen LogP contribution in [0, 0.1) is 6.92 Å². The van der Waals surface area contributed by atoms with E-state index in [9.17, 15) is 13.2 Å². The second kappa shape index (κ2) is 9.74. The predicted molar refractivity (Wildman–Crippen MR) is 125 cm³/mol. The van der Waals surface area contributed by atoms with E-state index >= 15 is 0 Å². The maximum absolute atomic E-state index is 12.8. The van der Waals surface area contributed by atoms with Crippen LogP contribution in [0.3, 0.4) is 0 Å². The Morgan fingerprint density at radius 1 is 1.12 bits per heavy atom. The molecule has 0 N–H and O–H groups in total. The standard InChI is InChI=1S/C24H28N4O4S/c1-18-7-6-8-20(15-18)28-14-13-27(16-19(28)2)24(29)12-11-23-25-22(26-32-23)17-33(30,31)21-9-4-3-5-10-21/h3-10,15,19H,11-14,16-17H2,1-2H3/t19-/m1/s1. The normalized spacial score (nSPS) is 16.7. The van der Waals surface area contributed by atoms with E-state index in [1.165, 1.54) is 23.4 Å². The topological polar surface area (TPSA) is 96.6 Å². The smallest absolute Gasteiger partial charge is 0.227 e. The summed E-state index contributed by atoms with van der Waals surface area (Å²) >= 11 is 0. The maximum Gasteiger partial charge on any atom is 0.227 e. The summed E-state index contributed by atoms with van der Waals surface area (Å²) in [6.45, 7) is 6.28. The van der Waals surface area contributed by atoms with Crippen molar-refractivity contribution in [1.29, 1.82) is 0 Å².